The molecule has 5 heteroatoms. The molecule has 1 heterocycles. The first-order chi connectivity index (χ1) is 9.58. The zero-order chi connectivity index (χ0) is 14.5. The van der Waals surface area contributed by atoms with E-state index in [2.05, 4.69) is 10.6 Å². The van der Waals surface area contributed by atoms with E-state index >= 15 is 0 Å². The molecule has 2 rings (SSSR count). The number of nitrogens with one attached hydrogen (secondary N) is 2. The van der Waals surface area contributed by atoms with Crippen molar-refractivity contribution in [2.75, 3.05) is 27.2 Å². The van der Waals surface area contributed by atoms with Crippen LogP contribution in [0.3, 0.4) is 0 Å². The third kappa shape index (κ3) is 3.57. The van der Waals surface area contributed by atoms with Gasteiger partial charge in [-0.15, -0.1) is 0 Å². The van der Waals surface area contributed by atoms with E-state index < -0.39 is 0 Å². The second-order valence-electron chi connectivity index (χ2n) is 5.30. The van der Waals surface area contributed by atoms with E-state index in [1.54, 1.807) is 38.4 Å². The Labute approximate surface area is 119 Å². The minimum atomic E-state index is -0.118. The van der Waals surface area contributed by atoms with Crippen LogP contribution in [0.1, 0.15) is 33.6 Å². The number of carbonyl (C=O) groups is 2. The van der Waals surface area contributed by atoms with Gasteiger partial charge in [-0.05, 0) is 37.6 Å². The van der Waals surface area contributed by atoms with Crippen LogP contribution in [0.25, 0.3) is 0 Å². The summed E-state index contributed by atoms with van der Waals surface area (Å²) in [6, 6.07) is 7.02. The molecule has 0 radical (unpaired) electrons. The Kier molecular flexibility index (Phi) is 4.74. The maximum Gasteiger partial charge on any atom is 0.253 e. The quantitative estimate of drug-likeness (QED) is 0.860. The molecule has 0 unspecified atom stereocenters. The van der Waals surface area contributed by atoms with E-state index in [1.807, 2.05) is 0 Å². The molecule has 0 spiro atoms. The Morgan fingerprint density at radius 2 is 2.05 bits per heavy atom. The van der Waals surface area contributed by atoms with Crippen LogP contribution in [0, 0.1) is 0 Å². The summed E-state index contributed by atoms with van der Waals surface area (Å²) in [6.45, 7) is 1.82. The number of hydrogen-bond donors (Lipinski definition) is 2. The van der Waals surface area contributed by atoms with Crippen LogP contribution < -0.4 is 10.6 Å². The van der Waals surface area contributed by atoms with Crippen molar-refractivity contribution in [2.45, 2.75) is 18.9 Å². The molecule has 0 saturated carbocycles. The Morgan fingerprint density at radius 3 is 2.70 bits per heavy atom. The minimum absolute atomic E-state index is 0.0982. The first-order valence-electron chi connectivity index (χ1n) is 6.91. The van der Waals surface area contributed by atoms with Crippen LogP contribution in [0.2, 0.25) is 0 Å². The van der Waals surface area contributed by atoms with Gasteiger partial charge in [0.15, 0.2) is 0 Å². The number of hydrogen-bond acceptors (Lipinski definition) is 3. The summed E-state index contributed by atoms with van der Waals surface area (Å²) in [5, 5.41) is 6.26. The number of amides is 2. The molecule has 1 saturated heterocycles. The van der Waals surface area contributed by atoms with Gasteiger partial charge in [0, 0.05) is 37.8 Å². The standard InChI is InChI=1S/C15H21N3O2/c1-18(2)15(20)12-6-3-5-11(9-12)14(19)17-13-7-4-8-16-10-13/h3,5-6,9,13,16H,4,7-8,10H2,1-2H3,(H,17,19)/t13-/m0/s1. The fourth-order valence-electron chi connectivity index (χ4n) is 2.30. The summed E-state index contributed by atoms with van der Waals surface area (Å²) < 4.78 is 0. The van der Waals surface area contributed by atoms with E-state index in [0.29, 0.717) is 11.1 Å². The maximum absolute atomic E-state index is 12.2. The van der Waals surface area contributed by atoms with Gasteiger partial charge in [0.2, 0.25) is 0 Å². The summed E-state index contributed by atoms with van der Waals surface area (Å²) in [5.41, 5.74) is 1.06. The van der Waals surface area contributed by atoms with Crippen LogP contribution in [0.5, 0.6) is 0 Å². The van der Waals surface area contributed by atoms with Crippen molar-refractivity contribution >= 4 is 11.8 Å². The lowest BCUT2D eigenvalue weighted by Crippen LogP contribution is -2.45. The van der Waals surface area contributed by atoms with Crippen LogP contribution >= 0.6 is 0 Å². The van der Waals surface area contributed by atoms with Gasteiger partial charge in [-0.3, -0.25) is 9.59 Å². The number of rotatable bonds is 3. The molecule has 108 valence electrons. The molecule has 1 aliphatic rings. The Bertz CT molecular complexity index is 494. The number of benzene rings is 1. The van der Waals surface area contributed by atoms with E-state index in [-0.39, 0.29) is 17.9 Å². The minimum Gasteiger partial charge on any atom is -0.348 e. The van der Waals surface area contributed by atoms with Gasteiger partial charge in [0.25, 0.3) is 11.8 Å². The van der Waals surface area contributed by atoms with Gasteiger partial charge in [0.05, 0.1) is 0 Å². The monoisotopic (exact) mass is 275 g/mol. The topological polar surface area (TPSA) is 61.4 Å². The molecule has 1 atom stereocenters. The molecule has 0 aliphatic carbocycles. The largest absolute Gasteiger partial charge is 0.348 e. The summed E-state index contributed by atoms with van der Waals surface area (Å²) in [5.74, 6) is -0.217. The van der Waals surface area contributed by atoms with E-state index in [4.69, 9.17) is 0 Å². The average molecular weight is 275 g/mol. The van der Waals surface area contributed by atoms with Crippen LogP contribution in [-0.4, -0.2) is 49.9 Å². The van der Waals surface area contributed by atoms with E-state index in [1.165, 1.54) is 4.90 Å². The second kappa shape index (κ2) is 6.52. The molecular formula is C15H21N3O2. The molecule has 1 aliphatic heterocycles. The summed E-state index contributed by atoms with van der Waals surface area (Å²) in [6.07, 6.45) is 2.07. The molecular weight excluding hydrogens is 254 g/mol. The highest BCUT2D eigenvalue weighted by atomic mass is 16.2. The summed E-state index contributed by atoms with van der Waals surface area (Å²) >= 11 is 0. The molecule has 5 nitrogen and oxygen atoms in total. The van der Waals surface area contributed by atoms with Crippen molar-refractivity contribution in [3.8, 4) is 0 Å². The number of piperidine rings is 1. The van der Waals surface area contributed by atoms with Crippen molar-refractivity contribution in [1.29, 1.82) is 0 Å². The molecule has 2 N–H and O–H groups in total. The van der Waals surface area contributed by atoms with E-state index in [0.717, 1.165) is 25.9 Å². The Hall–Kier alpha value is -1.88. The van der Waals surface area contributed by atoms with Crippen molar-refractivity contribution in [1.82, 2.24) is 15.5 Å². The highest BCUT2D eigenvalue weighted by Gasteiger charge is 2.17. The molecule has 1 fully saturated rings. The fraction of sp³-hybridized carbons (Fsp3) is 0.467. The van der Waals surface area contributed by atoms with Gasteiger partial charge in [-0.25, -0.2) is 0 Å². The smallest absolute Gasteiger partial charge is 0.253 e. The third-order valence-electron chi connectivity index (χ3n) is 3.41. The Balaban J connectivity index is 2.06. The highest BCUT2D eigenvalue weighted by molar-refractivity contribution is 5.99. The van der Waals surface area contributed by atoms with Gasteiger partial charge < -0.3 is 15.5 Å². The number of carbonyl (C=O) groups excluding carboxylic acids is 2. The van der Waals surface area contributed by atoms with Crippen molar-refractivity contribution in [2.24, 2.45) is 0 Å². The first-order valence-corrected chi connectivity index (χ1v) is 6.91. The summed E-state index contributed by atoms with van der Waals surface area (Å²) in [7, 11) is 3.39. The molecule has 2 amide bonds. The molecule has 1 aromatic carbocycles. The molecule has 0 bridgehead atoms. The fourth-order valence-corrected chi connectivity index (χ4v) is 2.30. The molecule has 20 heavy (non-hydrogen) atoms. The predicted octanol–water partition coefficient (Wildman–Crippen LogP) is 0.870. The Morgan fingerprint density at radius 1 is 1.30 bits per heavy atom. The second-order valence-corrected chi connectivity index (χ2v) is 5.30. The molecule has 1 aromatic rings. The van der Waals surface area contributed by atoms with Gasteiger partial charge in [-0.1, -0.05) is 6.07 Å². The highest BCUT2D eigenvalue weighted by Crippen LogP contribution is 2.09. The lowest BCUT2D eigenvalue weighted by atomic mass is 10.1. The van der Waals surface area contributed by atoms with Crippen molar-refractivity contribution in [3.05, 3.63) is 35.4 Å². The van der Waals surface area contributed by atoms with Crippen molar-refractivity contribution in [3.63, 3.8) is 0 Å². The van der Waals surface area contributed by atoms with Gasteiger partial charge in [0.1, 0.15) is 0 Å². The van der Waals surface area contributed by atoms with Gasteiger partial charge in [-0.2, -0.15) is 0 Å². The van der Waals surface area contributed by atoms with E-state index in [9.17, 15) is 9.59 Å². The zero-order valence-corrected chi connectivity index (χ0v) is 12.0. The predicted molar refractivity (Wildman–Crippen MR) is 77.8 cm³/mol. The van der Waals surface area contributed by atoms with Crippen LogP contribution in [0.4, 0.5) is 0 Å². The maximum atomic E-state index is 12.2. The number of nitrogens with zero attached hydrogens (tertiary/aromatic N) is 1. The lowest BCUT2D eigenvalue weighted by molar-refractivity contribution is 0.0827. The molecule has 0 aromatic heterocycles. The first kappa shape index (κ1) is 14.5. The van der Waals surface area contributed by atoms with Crippen LogP contribution in [0.15, 0.2) is 24.3 Å². The third-order valence-corrected chi connectivity index (χ3v) is 3.41. The van der Waals surface area contributed by atoms with Crippen LogP contribution in [-0.2, 0) is 0 Å². The average Bonchev–Trinajstić information content (AvgIpc) is 2.47. The summed E-state index contributed by atoms with van der Waals surface area (Å²) in [4.78, 5) is 25.6. The SMILES string of the molecule is CN(C)C(=O)c1cccc(C(=O)N[C@H]2CCCNC2)c1. The normalized spacial score (nSPS) is 18.4. The zero-order valence-electron chi connectivity index (χ0n) is 12.0. The van der Waals surface area contributed by atoms with Crippen molar-refractivity contribution < 1.29 is 9.59 Å². The van der Waals surface area contributed by atoms with Gasteiger partial charge >= 0.3 is 0 Å². The lowest BCUT2D eigenvalue weighted by Gasteiger charge is -2.23.